The van der Waals surface area contributed by atoms with E-state index in [0.717, 1.165) is 12.1 Å². The van der Waals surface area contributed by atoms with Crippen LogP contribution in [0.3, 0.4) is 0 Å². The van der Waals surface area contributed by atoms with Gasteiger partial charge in [0.2, 0.25) is 0 Å². The molecule has 2 aromatic heterocycles. The van der Waals surface area contributed by atoms with Gasteiger partial charge in [0, 0.05) is 22.8 Å². The van der Waals surface area contributed by atoms with Gasteiger partial charge >= 0.3 is 12.1 Å². The van der Waals surface area contributed by atoms with E-state index in [1.54, 1.807) is 22.0 Å². The van der Waals surface area contributed by atoms with E-state index in [1.165, 1.54) is 17.4 Å². The van der Waals surface area contributed by atoms with Crippen LogP contribution in [0.4, 0.5) is 13.2 Å². The molecule has 0 aliphatic carbocycles. The molecule has 114 valence electrons. The van der Waals surface area contributed by atoms with Crippen LogP contribution in [0.5, 0.6) is 0 Å². The van der Waals surface area contributed by atoms with Gasteiger partial charge in [0.25, 0.3) is 0 Å². The number of alkyl halides is 3. The van der Waals surface area contributed by atoms with Gasteiger partial charge < -0.3 is 5.11 Å². The molecule has 8 heteroatoms. The van der Waals surface area contributed by atoms with Crippen molar-refractivity contribution in [3.05, 3.63) is 47.1 Å². The number of carbonyl (C=O) groups is 1. The standard InChI is InChI=1S/C14H9F3N2O2S/c15-14(16,17)9-3-1-2-8(4-9)11-6-19-10(5-12(20)21)7-22-13(19)18-11/h1-4,6-7H,5H2,(H,20,21). The topological polar surface area (TPSA) is 54.6 Å². The summed E-state index contributed by atoms with van der Waals surface area (Å²) in [6, 6.07) is 4.89. The molecule has 0 radical (unpaired) electrons. The Balaban J connectivity index is 2.04. The van der Waals surface area contributed by atoms with Crippen molar-refractivity contribution in [1.29, 1.82) is 0 Å². The Morgan fingerprint density at radius 1 is 1.36 bits per heavy atom. The largest absolute Gasteiger partial charge is 0.481 e. The van der Waals surface area contributed by atoms with Gasteiger partial charge in [-0.3, -0.25) is 9.20 Å². The van der Waals surface area contributed by atoms with Crippen LogP contribution in [0.25, 0.3) is 16.2 Å². The highest BCUT2D eigenvalue weighted by Crippen LogP contribution is 2.32. The van der Waals surface area contributed by atoms with E-state index in [-0.39, 0.29) is 6.42 Å². The minimum absolute atomic E-state index is 0.168. The van der Waals surface area contributed by atoms with Crippen LogP contribution in [-0.2, 0) is 17.4 Å². The zero-order chi connectivity index (χ0) is 15.9. The molecule has 0 atom stereocenters. The minimum atomic E-state index is -4.42. The summed E-state index contributed by atoms with van der Waals surface area (Å²) in [4.78, 5) is 15.6. The van der Waals surface area contributed by atoms with Crippen molar-refractivity contribution in [2.24, 2.45) is 0 Å². The Labute approximate surface area is 126 Å². The molecule has 0 unspecified atom stereocenters. The summed E-state index contributed by atoms with van der Waals surface area (Å²) in [6.45, 7) is 0. The number of benzene rings is 1. The maximum Gasteiger partial charge on any atom is 0.416 e. The van der Waals surface area contributed by atoms with Crippen LogP contribution in [0.15, 0.2) is 35.8 Å². The Hall–Kier alpha value is -2.35. The van der Waals surface area contributed by atoms with Gasteiger partial charge in [0.15, 0.2) is 4.96 Å². The van der Waals surface area contributed by atoms with Gasteiger partial charge in [-0.2, -0.15) is 13.2 Å². The van der Waals surface area contributed by atoms with Crippen molar-refractivity contribution in [3.8, 4) is 11.3 Å². The first-order valence-electron chi connectivity index (χ1n) is 6.19. The van der Waals surface area contributed by atoms with Gasteiger partial charge in [-0.05, 0) is 12.1 Å². The van der Waals surface area contributed by atoms with E-state index in [1.807, 2.05) is 0 Å². The predicted molar refractivity (Wildman–Crippen MR) is 74.8 cm³/mol. The van der Waals surface area contributed by atoms with Crippen LogP contribution < -0.4 is 0 Å². The Morgan fingerprint density at radius 2 is 2.14 bits per heavy atom. The third kappa shape index (κ3) is 2.69. The second-order valence-corrected chi connectivity index (χ2v) is 5.49. The van der Waals surface area contributed by atoms with Crippen LogP contribution in [-0.4, -0.2) is 20.5 Å². The number of hydrogen-bond acceptors (Lipinski definition) is 3. The summed E-state index contributed by atoms with van der Waals surface area (Å²) in [5.41, 5.74) is 0.516. The van der Waals surface area contributed by atoms with E-state index in [0.29, 0.717) is 21.9 Å². The fraction of sp³-hybridized carbons (Fsp3) is 0.143. The van der Waals surface area contributed by atoms with Crippen molar-refractivity contribution in [3.63, 3.8) is 0 Å². The lowest BCUT2D eigenvalue weighted by Crippen LogP contribution is -2.04. The molecule has 0 amide bonds. The van der Waals surface area contributed by atoms with Crippen molar-refractivity contribution in [2.45, 2.75) is 12.6 Å². The highest BCUT2D eigenvalue weighted by atomic mass is 32.1. The Kier molecular flexibility index (Phi) is 3.40. The van der Waals surface area contributed by atoms with Crippen molar-refractivity contribution in [2.75, 3.05) is 0 Å². The molecule has 0 spiro atoms. The first-order chi connectivity index (χ1) is 10.3. The number of aromatic nitrogens is 2. The summed E-state index contributed by atoms with van der Waals surface area (Å²) < 4.78 is 39.8. The summed E-state index contributed by atoms with van der Waals surface area (Å²) >= 11 is 1.25. The molecule has 22 heavy (non-hydrogen) atoms. The molecule has 1 aromatic carbocycles. The fourth-order valence-electron chi connectivity index (χ4n) is 2.11. The molecule has 0 aliphatic heterocycles. The second-order valence-electron chi connectivity index (χ2n) is 4.65. The molecule has 3 aromatic rings. The number of imidazole rings is 1. The molecular weight excluding hydrogens is 317 g/mol. The number of halogens is 3. The highest BCUT2D eigenvalue weighted by molar-refractivity contribution is 7.15. The number of thiazole rings is 1. The third-order valence-electron chi connectivity index (χ3n) is 3.10. The first kappa shape index (κ1) is 14.6. The zero-order valence-corrected chi connectivity index (χ0v) is 11.8. The summed E-state index contributed by atoms with van der Waals surface area (Å²) in [5, 5.41) is 10.5. The van der Waals surface area contributed by atoms with Crippen LogP contribution in [0.2, 0.25) is 0 Å². The normalized spacial score (nSPS) is 12.0. The highest BCUT2D eigenvalue weighted by Gasteiger charge is 2.30. The number of rotatable bonds is 3. The SMILES string of the molecule is O=C(O)Cc1csc2nc(-c3cccc(C(F)(F)F)c3)cn12. The van der Waals surface area contributed by atoms with E-state index < -0.39 is 17.7 Å². The summed E-state index contributed by atoms with van der Waals surface area (Å²) in [5.74, 6) is -0.978. The van der Waals surface area contributed by atoms with Crippen molar-refractivity contribution < 1.29 is 23.1 Å². The molecular formula is C14H9F3N2O2S. The number of hydrogen-bond donors (Lipinski definition) is 1. The molecule has 0 aliphatic rings. The molecule has 0 saturated heterocycles. The monoisotopic (exact) mass is 326 g/mol. The van der Waals surface area contributed by atoms with Gasteiger partial charge in [0.1, 0.15) is 0 Å². The quantitative estimate of drug-likeness (QED) is 0.798. The smallest absolute Gasteiger partial charge is 0.416 e. The van der Waals surface area contributed by atoms with Crippen LogP contribution in [0, 0.1) is 0 Å². The average molecular weight is 326 g/mol. The van der Waals surface area contributed by atoms with Crippen LogP contribution in [0.1, 0.15) is 11.3 Å². The van der Waals surface area contributed by atoms with Crippen molar-refractivity contribution in [1.82, 2.24) is 9.38 Å². The predicted octanol–water partition coefficient (Wildman–Crippen LogP) is 3.71. The lowest BCUT2D eigenvalue weighted by molar-refractivity contribution is -0.138. The van der Waals surface area contributed by atoms with Crippen molar-refractivity contribution >= 4 is 22.3 Å². The lowest BCUT2D eigenvalue weighted by atomic mass is 10.1. The molecule has 0 fully saturated rings. The van der Waals surface area contributed by atoms with E-state index in [9.17, 15) is 18.0 Å². The number of nitrogens with zero attached hydrogens (tertiary/aromatic N) is 2. The molecule has 0 bridgehead atoms. The maximum absolute atomic E-state index is 12.7. The number of carboxylic acid groups (broad SMARTS) is 1. The average Bonchev–Trinajstić information content (AvgIpc) is 3.00. The van der Waals surface area contributed by atoms with E-state index in [2.05, 4.69) is 4.98 Å². The van der Waals surface area contributed by atoms with Crippen LogP contribution >= 0.6 is 11.3 Å². The molecule has 1 N–H and O–H groups in total. The van der Waals surface area contributed by atoms with E-state index in [4.69, 9.17) is 5.11 Å². The molecule has 3 rings (SSSR count). The van der Waals surface area contributed by atoms with Gasteiger partial charge in [-0.25, -0.2) is 4.98 Å². The lowest BCUT2D eigenvalue weighted by Gasteiger charge is -2.07. The number of fused-ring (bicyclic) bond motifs is 1. The maximum atomic E-state index is 12.7. The summed E-state index contributed by atoms with van der Waals surface area (Å²) in [7, 11) is 0. The van der Waals surface area contributed by atoms with Gasteiger partial charge in [-0.1, -0.05) is 12.1 Å². The summed E-state index contributed by atoms with van der Waals surface area (Å²) in [6.07, 6.45) is -3.03. The first-order valence-corrected chi connectivity index (χ1v) is 7.07. The van der Waals surface area contributed by atoms with E-state index >= 15 is 0 Å². The molecule has 4 nitrogen and oxygen atoms in total. The fourth-order valence-corrected chi connectivity index (χ4v) is 2.98. The number of aliphatic carboxylic acids is 1. The minimum Gasteiger partial charge on any atom is -0.481 e. The second kappa shape index (κ2) is 5.13. The third-order valence-corrected chi connectivity index (χ3v) is 3.99. The van der Waals surface area contributed by atoms with Gasteiger partial charge in [-0.15, -0.1) is 11.3 Å². The van der Waals surface area contributed by atoms with Gasteiger partial charge in [0.05, 0.1) is 17.7 Å². The zero-order valence-electron chi connectivity index (χ0n) is 11.0. The number of carboxylic acids is 1. The Bertz CT molecular complexity index is 851. The Morgan fingerprint density at radius 3 is 2.82 bits per heavy atom. The molecule has 0 saturated carbocycles. The molecule has 2 heterocycles.